The molecule has 0 amide bonds. The average molecular weight is 373 g/mol. The first kappa shape index (κ1) is 17.9. The van der Waals surface area contributed by atoms with Crippen LogP contribution in [0.2, 0.25) is 0 Å². The van der Waals surface area contributed by atoms with Crippen molar-refractivity contribution in [3.63, 3.8) is 0 Å². The Morgan fingerprint density at radius 1 is 0.857 bits per heavy atom. The third kappa shape index (κ3) is 4.24. The highest BCUT2D eigenvalue weighted by molar-refractivity contribution is 5.79. The first-order chi connectivity index (χ1) is 13.7. The van der Waals surface area contributed by atoms with Gasteiger partial charge >= 0.3 is 5.63 Å². The van der Waals surface area contributed by atoms with E-state index in [1.54, 1.807) is 18.5 Å². The molecule has 0 radical (unpaired) electrons. The van der Waals surface area contributed by atoms with Crippen molar-refractivity contribution in [2.45, 2.75) is 19.6 Å². The summed E-state index contributed by atoms with van der Waals surface area (Å²) in [6, 6.07) is 18.0. The lowest BCUT2D eigenvalue weighted by Crippen LogP contribution is -2.23. The van der Waals surface area contributed by atoms with Crippen molar-refractivity contribution in [3.05, 3.63) is 100 Å². The zero-order valence-electron chi connectivity index (χ0n) is 15.2. The van der Waals surface area contributed by atoms with E-state index in [1.165, 1.54) is 12.1 Å². The summed E-state index contributed by atoms with van der Waals surface area (Å²) >= 11 is 0. The Labute approximate surface area is 161 Å². The first-order valence-electron chi connectivity index (χ1n) is 8.95. The quantitative estimate of drug-likeness (QED) is 0.521. The van der Waals surface area contributed by atoms with Gasteiger partial charge in [-0.2, -0.15) is 0 Å². The van der Waals surface area contributed by atoms with Crippen LogP contribution < -0.4 is 5.63 Å². The van der Waals surface area contributed by atoms with Crippen LogP contribution in [0.3, 0.4) is 0 Å². The summed E-state index contributed by atoms with van der Waals surface area (Å²) in [5.74, 6) is 0.0916. The summed E-state index contributed by atoms with van der Waals surface area (Å²) in [6.45, 7) is 1.71. The Morgan fingerprint density at radius 2 is 1.54 bits per heavy atom. The van der Waals surface area contributed by atoms with Crippen molar-refractivity contribution in [2.24, 2.45) is 0 Å². The van der Waals surface area contributed by atoms with Crippen molar-refractivity contribution < 1.29 is 9.52 Å². The predicted molar refractivity (Wildman–Crippen MR) is 106 cm³/mol. The number of phenolic OH excluding ortho intramolecular Hbond substituents is 1. The van der Waals surface area contributed by atoms with Gasteiger partial charge in [-0.25, -0.2) is 4.79 Å². The second-order valence-corrected chi connectivity index (χ2v) is 6.56. The van der Waals surface area contributed by atoms with Gasteiger partial charge in [0, 0.05) is 55.1 Å². The fraction of sp³-hybridized carbons (Fsp3) is 0.136. The molecule has 0 fully saturated rings. The van der Waals surface area contributed by atoms with Crippen molar-refractivity contribution in [1.29, 1.82) is 0 Å². The molecule has 0 aliphatic heterocycles. The van der Waals surface area contributed by atoms with E-state index in [4.69, 9.17) is 4.42 Å². The number of hydrogen-bond donors (Lipinski definition) is 1. The van der Waals surface area contributed by atoms with E-state index in [9.17, 15) is 9.90 Å². The number of aromatic hydroxyl groups is 1. The van der Waals surface area contributed by atoms with Crippen LogP contribution in [-0.4, -0.2) is 20.0 Å². The molecule has 3 heterocycles. The SMILES string of the molecule is O=c1ccc2cc(CN(Cc3ccccn3)Cc3ccccn3)c(O)cc2o1. The molecule has 1 aromatic carbocycles. The van der Waals surface area contributed by atoms with Gasteiger partial charge in [0.25, 0.3) is 0 Å². The van der Waals surface area contributed by atoms with Gasteiger partial charge in [-0.3, -0.25) is 14.9 Å². The second-order valence-electron chi connectivity index (χ2n) is 6.56. The fourth-order valence-corrected chi connectivity index (χ4v) is 3.13. The van der Waals surface area contributed by atoms with Crippen LogP contribution in [0.4, 0.5) is 0 Å². The Kier molecular flexibility index (Phi) is 5.12. The van der Waals surface area contributed by atoms with E-state index in [1.807, 2.05) is 42.5 Å². The molecule has 140 valence electrons. The van der Waals surface area contributed by atoms with Crippen molar-refractivity contribution in [1.82, 2.24) is 14.9 Å². The lowest BCUT2D eigenvalue weighted by atomic mass is 10.1. The maximum atomic E-state index is 11.4. The van der Waals surface area contributed by atoms with Crippen LogP contribution in [0.25, 0.3) is 11.0 Å². The summed E-state index contributed by atoms with van der Waals surface area (Å²) < 4.78 is 5.14. The number of pyridine rings is 2. The molecule has 0 aliphatic rings. The van der Waals surface area contributed by atoms with E-state index in [0.717, 1.165) is 22.3 Å². The number of benzene rings is 1. The summed E-state index contributed by atoms with van der Waals surface area (Å²) in [5.41, 5.74) is 2.55. The van der Waals surface area contributed by atoms with Gasteiger partial charge in [0.15, 0.2) is 0 Å². The minimum Gasteiger partial charge on any atom is -0.507 e. The summed E-state index contributed by atoms with van der Waals surface area (Å²) in [6.07, 6.45) is 3.54. The summed E-state index contributed by atoms with van der Waals surface area (Å²) in [7, 11) is 0. The Morgan fingerprint density at radius 3 is 2.14 bits per heavy atom. The van der Waals surface area contributed by atoms with Crippen LogP contribution in [0, 0.1) is 0 Å². The third-order valence-electron chi connectivity index (χ3n) is 4.44. The lowest BCUT2D eigenvalue weighted by Gasteiger charge is -2.22. The fourth-order valence-electron chi connectivity index (χ4n) is 3.13. The largest absolute Gasteiger partial charge is 0.507 e. The minimum atomic E-state index is -0.438. The van der Waals surface area contributed by atoms with Gasteiger partial charge in [0.2, 0.25) is 0 Å². The second kappa shape index (κ2) is 8.02. The number of aromatic nitrogens is 2. The van der Waals surface area contributed by atoms with Gasteiger partial charge < -0.3 is 9.52 Å². The van der Waals surface area contributed by atoms with Crippen LogP contribution in [0.15, 0.2) is 82.3 Å². The van der Waals surface area contributed by atoms with Crippen LogP contribution >= 0.6 is 0 Å². The molecule has 4 aromatic rings. The monoisotopic (exact) mass is 373 g/mol. The first-order valence-corrected chi connectivity index (χ1v) is 8.95. The highest BCUT2D eigenvalue weighted by Gasteiger charge is 2.14. The van der Waals surface area contributed by atoms with Gasteiger partial charge in [0.1, 0.15) is 11.3 Å². The molecule has 0 spiro atoms. The zero-order chi connectivity index (χ0) is 19.3. The van der Waals surface area contributed by atoms with E-state index >= 15 is 0 Å². The van der Waals surface area contributed by atoms with Gasteiger partial charge in [-0.1, -0.05) is 12.1 Å². The highest BCUT2D eigenvalue weighted by atomic mass is 16.4. The molecule has 6 heteroatoms. The van der Waals surface area contributed by atoms with Crippen LogP contribution in [-0.2, 0) is 19.6 Å². The average Bonchev–Trinajstić information content (AvgIpc) is 2.70. The highest BCUT2D eigenvalue weighted by Crippen LogP contribution is 2.26. The smallest absolute Gasteiger partial charge is 0.336 e. The Balaban J connectivity index is 1.64. The maximum Gasteiger partial charge on any atom is 0.336 e. The molecule has 0 unspecified atom stereocenters. The summed E-state index contributed by atoms with van der Waals surface area (Å²) in [4.78, 5) is 22.4. The van der Waals surface area contributed by atoms with E-state index in [2.05, 4.69) is 14.9 Å². The molecule has 28 heavy (non-hydrogen) atoms. The van der Waals surface area contributed by atoms with Crippen molar-refractivity contribution in [2.75, 3.05) is 0 Å². The number of hydrogen-bond acceptors (Lipinski definition) is 6. The molecular weight excluding hydrogens is 354 g/mol. The van der Waals surface area contributed by atoms with E-state index < -0.39 is 5.63 Å². The molecule has 0 saturated carbocycles. The van der Waals surface area contributed by atoms with Gasteiger partial charge in [0.05, 0.1) is 11.4 Å². The standard InChI is InChI=1S/C22H19N3O3/c26-20-12-21-16(7-8-22(27)28-21)11-17(20)13-25(14-18-5-1-3-9-23-18)15-19-6-2-4-10-24-19/h1-12,26H,13-15H2. The number of fused-ring (bicyclic) bond motifs is 1. The van der Waals surface area contributed by atoms with Crippen molar-refractivity contribution in [3.8, 4) is 5.75 Å². The third-order valence-corrected chi connectivity index (χ3v) is 4.44. The van der Waals surface area contributed by atoms with E-state index in [0.29, 0.717) is 25.2 Å². The molecule has 4 rings (SSSR count). The summed E-state index contributed by atoms with van der Waals surface area (Å²) in [5, 5.41) is 11.2. The molecule has 1 N–H and O–H groups in total. The molecular formula is C22H19N3O3. The Bertz CT molecular complexity index is 1090. The van der Waals surface area contributed by atoms with E-state index in [-0.39, 0.29) is 5.75 Å². The molecule has 3 aromatic heterocycles. The van der Waals surface area contributed by atoms with Gasteiger partial charge in [-0.05, 0) is 36.4 Å². The predicted octanol–water partition coefficient (Wildman–Crippen LogP) is 3.49. The maximum absolute atomic E-state index is 11.4. The number of nitrogens with zero attached hydrogens (tertiary/aromatic N) is 3. The van der Waals surface area contributed by atoms with Crippen LogP contribution in [0.1, 0.15) is 17.0 Å². The zero-order valence-corrected chi connectivity index (χ0v) is 15.2. The molecule has 0 bridgehead atoms. The lowest BCUT2D eigenvalue weighted by molar-refractivity contribution is 0.238. The minimum absolute atomic E-state index is 0.0916. The van der Waals surface area contributed by atoms with Gasteiger partial charge in [-0.15, -0.1) is 0 Å². The molecule has 6 nitrogen and oxygen atoms in total. The topological polar surface area (TPSA) is 79.5 Å². The normalized spacial score (nSPS) is 11.2. The molecule has 0 atom stereocenters. The molecule has 0 aliphatic carbocycles. The van der Waals surface area contributed by atoms with Crippen LogP contribution in [0.5, 0.6) is 5.75 Å². The number of phenols is 1. The number of rotatable bonds is 6. The van der Waals surface area contributed by atoms with Crippen molar-refractivity contribution >= 4 is 11.0 Å². The Hall–Kier alpha value is -3.51. The molecule has 0 saturated heterocycles.